The highest BCUT2D eigenvalue weighted by atomic mass is 19.4. The summed E-state index contributed by atoms with van der Waals surface area (Å²) in [5, 5.41) is 13.0. The van der Waals surface area contributed by atoms with Gasteiger partial charge in [-0.05, 0) is 11.1 Å². The summed E-state index contributed by atoms with van der Waals surface area (Å²) in [6, 6.07) is 6.85. The minimum atomic E-state index is -4.33. The molecule has 3 rings (SSSR count). The first-order valence-corrected chi connectivity index (χ1v) is 8.20. The van der Waals surface area contributed by atoms with E-state index in [0.717, 1.165) is 29.8 Å². The average Bonchev–Trinajstić information content (AvgIpc) is 3.04. The zero-order valence-corrected chi connectivity index (χ0v) is 13.9. The van der Waals surface area contributed by atoms with Crippen LogP contribution in [0.4, 0.5) is 13.2 Å². The highest BCUT2D eigenvalue weighted by molar-refractivity contribution is 5.94. The monoisotopic (exact) mass is 368 g/mol. The molecule has 26 heavy (non-hydrogen) atoms. The fourth-order valence-corrected chi connectivity index (χ4v) is 2.72. The van der Waals surface area contributed by atoms with Crippen LogP contribution in [0.1, 0.15) is 32.9 Å². The van der Waals surface area contributed by atoms with Crippen molar-refractivity contribution in [3.8, 4) is 0 Å². The second kappa shape index (κ2) is 7.88. The maximum atomic E-state index is 12.3. The highest BCUT2D eigenvalue weighted by Crippen LogP contribution is 2.17. The number of ether oxygens (including phenoxy) is 1. The van der Waals surface area contributed by atoms with Crippen LogP contribution < -0.4 is 10.6 Å². The van der Waals surface area contributed by atoms with E-state index in [1.165, 1.54) is 0 Å². The minimum absolute atomic E-state index is 0.113. The van der Waals surface area contributed by atoms with Gasteiger partial charge in [-0.1, -0.05) is 24.3 Å². The number of aromatic nitrogens is 2. The van der Waals surface area contributed by atoms with E-state index in [4.69, 9.17) is 0 Å². The van der Waals surface area contributed by atoms with Gasteiger partial charge in [-0.3, -0.25) is 9.89 Å². The summed E-state index contributed by atoms with van der Waals surface area (Å²) in [5.74, 6) is -0.260. The van der Waals surface area contributed by atoms with Crippen molar-refractivity contribution >= 4 is 5.91 Å². The molecule has 140 valence electrons. The van der Waals surface area contributed by atoms with Crippen molar-refractivity contribution in [2.24, 2.45) is 0 Å². The first-order chi connectivity index (χ1) is 12.4. The van der Waals surface area contributed by atoms with Gasteiger partial charge in [0.05, 0.1) is 6.61 Å². The molecule has 1 aliphatic heterocycles. The van der Waals surface area contributed by atoms with Gasteiger partial charge in [0.15, 0.2) is 5.69 Å². The predicted octanol–water partition coefficient (Wildman–Crippen LogP) is 2.06. The lowest BCUT2D eigenvalue weighted by molar-refractivity contribution is -0.176. The first kappa shape index (κ1) is 18.4. The van der Waals surface area contributed by atoms with E-state index < -0.39 is 12.8 Å². The summed E-state index contributed by atoms with van der Waals surface area (Å²) < 4.78 is 40.7. The molecule has 0 bridgehead atoms. The second-order valence-corrected chi connectivity index (χ2v) is 6.06. The number of hydrogen-bond acceptors (Lipinski definition) is 4. The number of nitrogens with zero attached hydrogens (tertiary/aromatic N) is 1. The van der Waals surface area contributed by atoms with Crippen LogP contribution in [-0.4, -0.2) is 35.4 Å². The van der Waals surface area contributed by atoms with Crippen LogP contribution >= 0.6 is 0 Å². The number of hydrogen-bond donors (Lipinski definition) is 3. The molecule has 0 unspecified atom stereocenters. The lowest BCUT2D eigenvalue weighted by Crippen LogP contribution is -2.28. The van der Waals surface area contributed by atoms with E-state index in [9.17, 15) is 18.0 Å². The predicted molar refractivity (Wildman–Crippen MR) is 87.3 cm³/mol. The Kier molecular flexibility index (Phi) is 5.58. The Morgan fingerprint density at radius 1 is 1.23 bits per heavy atom. The SMILES string of the molecule is O=C(NCc1ccc(COCC(F)(F)F)cc1)c1n[nH]c2c1CNCC2. The fraction of sp³-hybridized carbons (Fsp3) is 0.412. The Bertz CT molecular complexity index is 756. The molecule has 2 heterocycles. The Morgan fingerprint density at radius 3 is 2.69 bits per heavy atom. The molecule has 0 saturated carbocycles. The topological polar surface area (TPSA) is 79.0 Å². The van der Waals surface area contributed by atoms with Crippen molar-refractivity contribution in [1.29, 1.82) is 0 Å². The van der Waals surface area contributed by atoms with Crippen LogP contribution in [0.3, 0.4) is 0 Å². The number of alkyl halides is 3. The maximum absolute atomic E-state index is 12.3. The van der Waals surface area contributed by atoms with E-state index >= 15 is 0 Å². The Labute approximate surface area is 148 Å². The van der Waals surface area contributed by atoms with Crippen molar-refractivity contribution in [3.05, 3.63) is 52.3 Å². The molecule has 0 saturated heterocycles. The molecule has 6 nitrogen and oxygen atoms in total. The summed E-state index contributed by atoms with van der Waals surface area (Å²) in [6.07, 6.45) is -3.52. The molecular weight excluding hydrogens is 349 g/mol. The number of halogens is 3. The minimum Gasteiger partial charge on any atom is -0.367 e. The zero-order valence-electron chi connectivity index (χ0n) is 13.9. The van der Waals surface area contributed by atoms with Gasteiger partial charge < -0.3 is 15.4 Å². The van der Waals surface area contributed by atoms with Crippen LogP contribution in [0.2, 0.25) is 0 Å². The quantitative estimate of drug-likeness (QED) is 0.729. The van der Waals surface area contributed by atoms with Crippen LogP contribution in [-0.2, 0) is 30.9 Å². The van der Waals surface area contributed by atoms with E-state index in [1.807, 2.05) is 0 Å². The summed E-state index contributed by atoms with van der Waals surface area (Å²) in [4.78, 5) is 12.3. The van der Waals surface area contributed by atoms with Crippen molar-refractivity contribution in [2.75, 3.05) is 13.2 Å². The number of amides is 1. The van der Waals surface area contributed by atoms with Crippen LogP contribution in [0.5, 0.6) is 0 Å². The van der Waals surface area contributed by atoms with Gasteiger partial charge in [-0.25, -0.2) is 0 Å². The lowest BCUT2D eigenvalue weighted by Gasteiger charge is -2.13. The second-order valence-electron chi connectivity index (χ2n) is 6.06. The molecule has 3 N–H and O–H groups in total. The number of carbonyl (C=O) groups is 1. The van der Waals surface area contributed by atoms with Gasteiger partial charge in [-0.2, -0.15) is 18.3 Å². The molecule has 1 aromatic heterocycles. The van der Waals surface area contributed by atoms with Crippen molar-refractivity contribution in [1.82, 2.24) is 20.8 Å². The Balaban J connectivity index is 1.50. The molecule has 1 amide bonds. The Hall–Kier alpha value is -2.39. The number of fused-ring (bicyclic) bond motifs is 1. The summed E-state index contributed by atoms with van der Waals surface area (Å²) >= 11 is 0. The number of nitrogens with one attached hydrogen (secondary N) is 3. The van der Waals surface area contributed by atoms with Gasteiger partial charge in [0.2, 0.25) is 0 Å². The molecule has 0 aliphatic carbocycles. The lowest BCUT2D eigenvalue weighted by atomic mass is 10.1. The van der Waals surface area contributed by atoms with Gasteiger partial charge >= 0.3 is 6.18 Å². The third-order valence-corrected chi connectivity index (χ3v) is 4.03. The van der Waals surface area contributed by atoms with Gasteiger partial charge in [0, 0.05) is 37.3 Å². The van der Waals surface area contributed by atoms with Crippen molar-refractivity contribution in [3.63, 3.8) is 0 Å². The van der Waals surface area contributed by atoms with E-state index in [-0.39, 0.29) is 12.5 Å². The molecule has 0 fully saturated rings. The highest BCUT2D eigenvalue weighted by Gasteiger charge is 2.27. The molecule has 0 radical (unpaired) electrons. The molecule has 0 atom stereocenters. The number of aromatic amines is 1. The normalized spacial score (nSPS) is 14.1. The zero-order chi connectivity index (χ0) is 18.6. The van der Waals surface area contributed by atoms with Gasteiger partial charge in [0.25, 0.3) is 5.91 Å². The van der Waals surface area contributed by atoms with Crippen LogP contribution in [0.25, 0.3) is 0 Å². The number of H-pyrrole nitrogens is 1. The third-order valence-electron chi connectivity index (χ3n) is 4.03. The number of rotatable bonds is 6. The number of benzene rings is 1. The van der Waals surface area contributed by atoms with E-state index in [0.29, 0.717) is 24.3 Å². The summed E-state index contributed by atoms with van der Waals surface area (Å²) in [7, 11) is 0. The first-order valence-electron chi connectivity index (χ1n) is 8.20. The summed E-state index contributed by atoms with van der Waals surface area (Å²) in [6.45, 7) is 0.389. The molecule has 9 heteroatoms. The molecule has 2 aromatic rings. The molecule has 1 aliphatic rings. The summed E-state index contributed by atoms with van der Waals surface area (Å²) in [5.41, 5.74) is 3.74. The third kappa shape index (κ3) is 4.83. The standard InChI is InChI=1S/C17H19F3N4O2/c18-17(19,20)10-26-9-12-3-1-11(2-4-12)7-22-16(25)15-13-8-21-6-5-14(13)23-24-15/h1-4,21H,5-10H2,(H,22,25)(H,23,24). The van der Waals surface area contributed by atoms with Gasteiger partial charge in [-0.15, -0.1) is 0 Å². The molecule has 1 aromatic carbocycles. The van der Waals surface area contributed by atoms with Crippen molar-refractivity contribution < 1.29 is 22.7 Å². The Morgan fingerprint density at radius 2 is 1.96 bits per heavy atom. The number of carbonyl (C=O) groups excluding carboxylic acids is 1. The largest absolute Gasteiger partial charge is 0.411 e. The van der Waals surface area contributed by atoms with Crippen LogP contribution in [0.15, 0.2) is 24.3 Å². The fourth-order valence-electron chi connectivity index (χ4n) is 2.72. The van der Waals surface area contributed by atoms with Gasteiger partial charge in [0.1, 0.15) is 6.61 Å². The molecular formula is C17H19F3N4O2. The van der Waals surface area contributed by atoms with E-state index in [2.05, 4.69) is 25.6 Å². The smallest absolute Gasteiger partial charge is 0.367 e. The maximum Gasteiger partial charge on any atom is 0.411 e. The molecule has 0 spiro atoms. The average molecular weight is 368 g/mol. The van der Waals surface area contributed by atoms with Crippen molar-refractivity contribution in [2.45, 2.75) is 32.3 Å². The van der Waals surface area contributed by atoms with Crippen LogP contribution in [0, 0.1) is 0 Å². The van der Waals surface area contributed by atoms with E-state index in [1.54, 1.807) is 24.3 Å².